The number of carboxylic acids is 1. The number of ether oxygens (including phenoxy) is 3. The topological polar surface area (TPSA) is 337 Å². The van der Waals surface area contributed by atoms with Gasteiger partial charge >= 0.3 is 5.97 Å². The number of hydrogen-bond donors (Lipinski definition) is 3. The van der Waals surface area contributed by atoms with Gasteiger partial charge in [-0.2, -0.15) is 5.26 Å². The van der Waals surface area contributed by atoms with Crippen molar-refractivity contribution in [1.29, 1.82) is 0 Å². The number of carboxylic acid groups (broad SMARTS) is 1. The number of rotatable bonds is 10. The van der Waals surface area contributed by atoms with Gasteiger partial charge in [0.1, 0.15) is 24.4 Å². The molecule has 8 atom stereocenters. The molecule has 0 bridgehead atoms. The molecule has 2 aliphatic heterocycles. The lowest BCUT2D eigenvalue weighted by atomic mass is 9.90. The molecule has 0 aliphatic carbocycles. The van der Waals surface area contributed by atoms with Gasteiger partial charge in [-0.05, 0) is 6.42 Å². The Kier molecular flexibility index (Phi) is 11.1. The molecule has 2 rings (SSSR count). The summed E-state index contributed by atoms with van der Waals surface area (Å²) in [7, 11) is -16.3. The molecule has 224 valence electrons. The second kappa shape index (κ2) is 13.0. The van der Waals surface area contributed by atoms with Crippen LogP contribution in [-0.2, 0) is 68.2 Å². The molecule has 2 saturated heterocycles. The smallest absolute Gasteiger partial charge is 0.416 e. The van der Waals surface area contributed by atoms with E-state index in [1.54, 1.807) is 5.92 Å². The Morgan fingerprint density at radius 2 is 1.72 bits per heavy atom. The Morgan fingerprint density at radius 1 is 1.08 bits per heavy atom. The van der Waals surface area contributed by atoms with Gasteiger partial charge in [0.2, 0.25) is 20.8 Å². The Labute approximate surface area is 219 Å². The molecule has 0 spiro atoms. The van der Waals surface area contributed by atoms with Gasteiger partial charge in [-0.15, -0.1) is 0 Å². The van der Waals surface area contributed by atoms with Gasteiger partial charge in [0.15, 0.2) is 16.6 Å². The fourth-order valence-corrected chi connectivity index (χ4v) is 4.89. The molecule has 24 heteroatoms. The predicted octanol–water partition coefficient (Wildman–Crippen LogP) is -6.63. The molecule has 0 amide bonds. The van der Waals surface area contributed by atoms with E-state index >= 15 is 0 Å². The fraction of sp³-hybridized carbons (Fsp3) is 0.733. The minimum atomic E-state index is -5.50. The molecule has 3 N–H and O–H groups in total. The summed E-state index contributed by atoms with van der Waals surface area (Å²) < 4.78 is 125. The zero-order valence-corrected chi connectivity index (χ0v) is 21.2. The van der Waals surface area contributed by atoms with Crippen molar-refractivity contribution in [3.63, 3.8) is 0 Å². The molecule has 0 aromatic heterocycles. The van der Waals surface area contributed by atoms with Crippen LogP contribution in [0.2, 0.25) is 0 Å². The number of nitrogens with one attached hydrogen (secondary N) is 1. The second-order valence-electron chi connectivity index (χ2n) is 7.61. The van der Waals surface area contributed by atoms with Crippen molar-refractivity contribution in [3.05, 3.63) is 0 Å². The molecule has 21 nitrogen and oxygen atoms in total. The first-order valence-corrected chi connectivity index (χ1v) is 14.0. The van der Waals surface area contributed by atoms with Crippen molar-refractivity contribution in [1.82, 2.24) is 4.72 Å². The Hall–Kier alpha value is -2.09. The third-order valence-corrected chi connectivity index (χ3v) is 6.38. The molecule has 2 fully saturated rings. The number of carbonyl (C=O) groups excluding carboxylic acids is 2. The normalized spacial score (nSPS) is 32.0. The van der Waals surface area contributed by atoms with Gasteiger partial charge in [0.05, 0.1) is 31.3 Å². The molecule has 39 heavy (non-hydrogen) atoms. The summed E-state index contributed by atoms with van der Waals surface area (Å²) in [5.41, 5.74) is 0. The highest BCUT2D eigenvalue weighted by Gasteiger charge is 2.48. The van der Waals surface area contributed by atoms with Gasteiger partial charge in [-0.25, -0.2) is 34.8 Å². The van der Waals surface area contributed by atoms with Crippen LogP contribution in [0.5, 0.6) is 0 Å². The van der Waals surface area contributed by atoms with E-state index in [0.717, 1.165) is 0 Å². The summed E-state index contributed by atoms with van der Waals surface area (Å²) in [6, 6.07) is -2.01. The van der Waals surface area contributed by atoms with Gasteiger partial charge < -0.3 is 42.9 Å². The van der Waals surface area contributed by atoms with Crippen LogP contribution in [0.1, 0.15) is 6.42 Å². The lowest BCUT2D eigenvalue weighted by Gasteiger charge is -2.45. The van der Waals surface area contributed by atoms with Crippen LogP contribution in [0, 0.1) is 17.8 Å². The van der Waals surface area contributed by atoms with Gasteiger partial charge in [-0.1, -0.05) is 5.92 Å². The second-order valence-corrected chi connectivity index (χ2v) is 10.8. The van der Waals surface area contributed by atoms with E-state index in [-0.39, 0.29) is 0 Å². The maximum Gasteiger partial charge on any atom is 0.416 e. The van der Waals surface area contributed by atoms with E-state index in [4.69, 9.17) is 19.5 Å². The first-order chi connectivity index (χ1) is 17.8. The summed E-state index contributed by atoms with van der Waals surface area (Å²) in [6.45, 7) is -2.10. The third kappa shape index (κ3) is 10.8. The summed E-state index contributed by atoms with van der Waals surface area (Å²) in [6.07, 6.45) is -13.4. The summed E-state index contributed by atoms with van der Waals surface area (Å²) in [5.74, 6) is -1.55. The van der Waals surface area contributed by atoms with Crippen molar-refractivity contribution < 1.29 is 91.4 Å². The summed E-state index contributed by atoms with van der Waals surface area (Å²) in [4.78, 5) is 26.1. The molecule has 0 radical (unpaired) electrons. The van der Waals surface area contributed by atoms with Crippen LogP contribution in [0.15, 0.2) is 0 Å². The number of hydrogen-bond acceptors (Lipinski definition) is 20. The van der Waals surface area contributed by atoms with Crippen LogP contribution < -0.4 is 9.83 Å². The number of aliphatic hydroxyl groups is 1. The predicted molar refractivity (Wildman–Crippen MR) is 106 cm³/mol. The lowest BCUT2D eigenvalue weighted by molar-refractivity contribution is -0.339. The first kappa shape index (κ1) is 33.1. The first-order valence-electron chi connectivity index (χ1n) is 9.95. The van der Waals surface area contributed by atoms with E-state index in [9.17, 15) is 58.7 Å². The van der Waals surface area contributed by atoms with Gasteiger partial charge in [-0.3, -0.25) is 13.3 Å². The molecule has 0 saturated carbocycles. The summed E-state index contributed by atoms with van der Waals surface area (Å²) >= 11 is 0. The summed E-state index contributed by atoms with van der Waals surface area (Å²) in [5, 5.41) is 30.4. The fourth-order valence-electron chi connectivity index (χ4n) is 3.49. The molecule has 4 unspecified atom stereocenters. The minimum absolute atomic E-state index is 0.609. The van der Waals surface area contributed by atoms with E-state index in [1.807, 2.05) is 0 Å². The average Bonchev–Trinajstić information content (AvgIpc) is 2.77. The van der Waals surface area contributed by atoms with Crippen molar-refractivity contribution in [2.75, 3.05) is 13.2 Å². The zero-order chi connectivity index (χ0) is 29.8. The Balaban J connectivity index is 2.51. The third-order valence-electron chi connectivity index (χ3n) is 4.91. The average molecular weight is 627 g/mol. The standard InChI is InChI=1S/C15H21NO20S3/c17-9(35-21)2-1-6-3-7(4-32-38(25,26)27)33-15(10(6)16-37(22,23)24)34-12-11(18)8(36-39(28,29)30)5-31-13(12)14(19)20/h6-8,10-13,15-16,18,21H,3-5H2,(H,19,20)(H,22,23,24)(H,25,26,27)(H,28,29,30)/p-4/t6-,7?,8?,10?,11+,12+,13?,15-/m0/s1. The Morgan fingerprint density at radius 3 is 2.23 bits per heavy atom. The maximum absolute atomic E-state index is 11.5. The van der Waals surface area contributed by atoms with Crippen molar-refractivity contribution in [2.24, 2.45) is 5.92 Å². The van der Waals surface area contributed by atoms with Crippen LogP contribution in [0.25, 0.3) is 0 Å². The highest BCUT2D eigenvalue weighted by atomic mass is 32.3. The molecule has 2 aliphatic rings. The van der Waals surface area contributed by atoms with E-state index in [2.05, 4.69) is 19.2 Å². The van der Waals surface area contributed by atoms with Crippen LogP contribution in [0.3, 0.4) is 0 Å². The molecule has 2 heterocycles. The number of aliphatic carboxylic acids is 1. The highest BCUT2D eigenvalue weighted by molar-refractivity contribution is 7.83. The van der Waals surface area contributed by atoms with Crippen molar-refractivity contribution in [3.8, 4) is 11.8 Å². The van der Waals surface area contributed by atoms with E-state index < -0.39 is 111 Å². The molecule has 0 aromatic carbocycles. The highest BCUT2D eigenvalue weighted by Crippen LogP contribution is 2.31. The minimum Gasteiger partial charge on any atom is -0.735 e. The van der Waals surface area contributed by atoms with Gasteiger partial charge in [0.25, 0.3) is 0 Å². The molecular weight excluding hydrogens is 610 g/mol. The largest absolute Gasteiger partial charge is 0.735 e. The maximum atomic E-state index is 11.5. The van der Waals surface area contributed by atoms with Crippen LogP contribution in [0.4, 0.5) is 0 Å². The Bertz CT molecular complexity index is 1280. The number of aliphatic hydroxyl groups excluding tert-OH is 1. The quantitative estimate of drug-likeness (QED) is 0.0666. The van der Waals surface area contributed by atoms with Crippen molar-refractivity contribution >= 4 is 43.0 Å². The molecule has 0 aromatic rings. The lowest BCUT2D eigenvalue weighted by Crippen LogP contribution is -2.64. The molecular formula is C15H17NO20S3-4. The van der Waals surface area contributed by atoms with E-state index in [1.165, 1.54) is 4.72 Å². The number of carbonyl (C=O) groups is 2. The zero-order valence-electron chi connectivity index (χ0n) is 18.7. The monoisotopic (exact) mass is 627 g/mol. The SMILES string of the molecule is O=C(C#C[C@H]1CC(COS(=O)(=O)[O-])O[C@@H](O[C@H]2C(C(=O)[O-])OCC(OS(=O)(=O)[O-])[C@H]2O)C1NS(=O)(=O)[O-])OO. The van der Waals surface area contributed by atoms with Gasteiger partial charge in [0, 0.05) is 11.8 Å². The van der Waals surface area contributed by atoms with Crippen LogP contribution >= 0.6 is 0 Å². The van der Waals surface area contributed by atoms with Crippen molar-refractivity contribution in [2.45, 2.75) is 49.3 Å². The van der Waals surface area contributed by atoms with E-state index in [0.29, 0.717) is 0 Å². The van der Waals surface area contributed by atoms with Crippen LogP contribution in [-0.4, -0.2) is 117 Å².